The van der Waals surface area contributed by atoms with Gasteiger partial charge in [-0.25, -0.2) is 4.79 Å². The van der Waals surface area contributed by atoms with Crippen LogP contribution in [0.3, 0.4) is 0 Å². The molecule has 0 aliphatic rings. The number of nitro benzene ring substituents is 2. The number of nitrogens with one attached hydrogen (secondary N) is 1. The predicted octanol–water partition coefficient (Wildman–Crippen LogP) is 1.46. The molecule has 0 heterocycles. The fourth-order valence-electron chi connectivity index (χ4n) is 1.21. The van der Waals surface area contributed by atoms with Crippen molar-refractivity contribution in [2.24, 2.45) is 5.10 Å². The minimum absolute atomic E-state index is 0.0823. The SMILES string of the molecule is CCOC(=O)/C=N\Nc1ccc([N+](=O)[O-])cc1[N+](=O)[O-]. The molecule has 1 aromatic carbocycles. The number of carbonyl (C=O) groups excluding carboxylic acids is 1. The number of esters is 1. The average Bonchev–Trinajstić information content (AvgIpc) is 2.38. The van der Waals surface area contributed by atoms with Crippen molar-refractivity contribution in [1.29, 1.82) is 0 Å². The highest BCUT2D eigenvalue weighted by Gasteiger charge is 2.19. The first-order valence-corrected chi connectivity index (χ1v) is 5.34. The summed E-state index contributed by atoms with van der Waals surface area (Å²) in [7, 11) is 0. The highest BCUT2D eigenvalue weighted by atomic mass is 16.6. The van der Waals surface area contributed by atoms with Crippen molar-refractivity contribution >= 4 is 29.2 Å². The number of benzene rings is 1. The molecule has 0 saturated carbocycles. The molecule has 106 valence electrons. The fourth-order valence-corrected chi connectivity index (χ4v) is 1.21. The van der Waals surface area contributed by atoms with E-state index < -0.39 is 27.2 Å². The zero-order chi connectivity index (χ0) is 15.1. The zero-order valence-electron chi connectivity index (χ0n) is 10.3. The van der Waals surface area contributed by atoms with Crippen LogP contribution in [0.4, 0.5) is 17.1 Å². The molecule has 0 bridgehead atoms. The molecule has 0 aromatic heterocycles. The molecule has 1 rings (SSSR count). The van der Waals surface area contributed by atoms with E-state index >= 15 is 0 Å². The third kappa shape index (κ3) is 4.01. The van der Waals surface area contributed by atoms with Gasteiger partial charge in [-0.05, 0) is 13.0 Å². The van der Waals surface area contributed by atoms with E-state index in [4.69, 9.17) is 0 Å². The number of nitrogens with zero attached hydrogens (tertiary/aromatic N) is 3. The summed E-state index contributed by atoms with van der Waals surface area (Å²) in [4.78, 5) is 30.7. The molecule has 20 heavy (non-hydrogen) atoms. The van der Waals surface area contributed by atoms with Crippen molar-refractivity contribution in [3.8, 4) is 0 Å². The second-order valence-corrected chi connectivity index (χ2v) is 3.34. The Morgan fingerprint density at radius 1 is 1.40 bits per heavy atom. The van der Waals surface area contributed by atoms with Gasteiger partial charge in [-0.15, -0.1) is 0 Å². The lowest BCUT2D eigenvalue weighted by molar-refractivity contribution is -0.393. The van der Waals surface area contributed by atoms with E-state index in [-0.39, 0.29) is 12.3 Å². The summed E-state index contributed by atoms with van der Waals surface area (Å²) in [5.74, 6) is -0.718. The van der Waals surface area contributed by atoms with Gasteiger partial charge >= 0.3 is 11.7 Å². The number of hydrogen-bond donors (Lipinski definition) is 1. The van der Waals surface area contributed by atoms with Crippen LogP contribution in [0.5, 0.6) is 0 Å². The Kier molecular flexibility index (Phi) is 5.09. The third-order valence-electron chi connectivity index (χ3n) is 2.03. The lowest BCUT2D eigenvalue weighted by Gasteiger charge is -2.01. The number of nitro groups is 2. The maximum absolute atomic E-state index is 11.0. The number of carbonyl (C=O) groups is 1. The first-order valence-electron chi connectivity index (χ1n) is 5.34. The second-order valence-electron chi connectivity index (χ2n) is 3.34. The van der Waals surface area contributed by atoms with Crippen LogP contribution in [0.25, 0.3) is 0 Å². The number of ether oxygens (including phenoxy) is 1. The molecule has 1 aromatic rings. The quantitative estimate of drug-likeness (QED) is 0.361. The molecule has 1 N–H and O–H groups in total. The van der Waals surface area contributed by atoms with E-state index in [9.17, 15) is 25.0 Å². The van der Waals surface area contributed by atoms with Gasteiger partial charge in [0.1, 0.15) is 11.9 Å². The molecule has 0 aliphatic carbocycles. The Morgan fingerprint density at radius 2 is 2.10 bits per heavy atom. The van der Waals surface area contributed by atoms with Crippen molar-refractivity contribution in [3.05, 3.63) is 38.4 Å². The van der Waals surface area contributed by atoms with Crippen LogP contribution in [0.1, 0.15) is 6.92 Å². The number of rotatable bonds is 6. The summed E-state index contributed by atoms with van der Waals surface area (Å²) in [6, 6.07) is 3.00. The summed E-state index contributed by atoms with van der Waals surface area (Å²) in [6.07, 6.45) is 0.800. The van der Waals surface area contributed by atoms with Crippen molar-refractivity contribution in [2.45, 2.75) is 6.92 Å². The summed E-state index contributed by atoms with van der Waals surface area (Å²) in [5, 5.41) is 24.8. The van der Waals surface area contributed by atoms with Crippen LogP contribution in [0.2, 0.25) is 0 Å². The Bertz CT molecular complexity index is 571. The lowest BCUT2D eigenvalue weighted by atomic mass is 10.2. The first kappa shape index (κ1) is 15.0. The highest BCUT2D eigenvalue weighted by Crippen LogP contribution is 2.28. The van der Waals surface area contributed by atoms with Gasteiger partial charge < -0.3 is 4.74 Å². The Balaban J connectivity index is 2.92. The highest BCUT2D eigenvalue weighted by molar-refractivity contribution is 6.23. The largest absolute Gasteiger partial charge is 0.462 e. The van der Waals surface area contributed by atoms with Gasteiger partial charge in [0, 0.05) is 6.07 Å². The van der Waals surface area contributed by atoms with Gasteiger partial charge in [0.15, 0.2) is 0 Å². The van der Waals surface area contributed by atoms with Gasteiger partial charge in [-0.3, -0.25) is 25.7 Å². The molecule has 0 fully saturated rings. The fraction of sp³-hybridized carbons (Fsp3) is 0.200. The summed E-state index contributed by atoms with van der Waals surface area (Å²) < 4.78 is 4.56. The minimum atomic E-state index is -0.796. The molecule has 0 saturated heterocycles. The molecular weight excluding hydrogens is 272 g/mol. The topological polar surface area (TPSA) is 137 Å². The van der Waals surface area contributed by atoms with E-state index in [1.165, 1.54) is 0 Å². The van der Waals surface area contributed by atoms with E-state index in [2.05, 4.69) is 15.3 Å². The van der Waals surface area contributed by atoms with Gasteiger partial charge in [0.2, 0.25) is 0 Å². The lowest BCUT2D eigenvalue weighted by Crippen LogP contribution is -2.06. The van der Waals surface area contributed by atoms with Crippen molar-refractivity contribution in [3.63, 3.8) is 0 Å². The zero-order valence-corrected chi connectivity index (χ0v) is 10.3. The van der Waals surface area contributed by atoms with E-state index in [1.807, 2.05) is 0 Å². The smallest absolute Gasteiger partial charge is 0.351 e. The standard InChI is InChI=1S/C10H10N4O6/c1-2-20-10(15)6-11-12-8-4-3-7(13(16)17)5-9(8)14(18)19/h3-6,12H,2H2,1H3/b11-6-. The Hall–Kier alpha value is -3.04. The van der Waals surface area contributed by atoms with Crippen LogP contribution in [-0.4, -0.2) is 28.6 Å². The monoisotopic (exact) mass is 282 g/mol. The molecule has 0 unspecified atom stereocenters. The molecular formula is C10H10N4O6. The molecule has 0 atom stereocenters. The second kappa shape index (κ2) is 6.78. The summed E-state index contributed by atoms with van der Waals surface area (Å²) in [5.41, 5.74) is 1.22. The van der Waals surface area contributed by atoms with Gasteiger partial charge in [0.05, 0.1) is 22.5 Å². The van der Waals surface area contributed by atoms with Gasteiger partial charge in [0.25, 0.3) is 5.69 Å². The maximum Gasteiger partial charge on any atom is 0.351 e. The van der Waals surface area contributed by atoms with E-state index in [0.29, 0.717) is 0 Å². The van der Waals surface area contributed by atoms with Gasteiger partial charge in [-0.2, -0.15) is 5.10 Å². The Labute approximate surface area is 112 Å². The normalized spacial score (nSPS) is 10.2. The van der Waals surface area contributed by atoms with Crippen molar-refractivity contribution < 1.29 is 19.4 Å². The first-order chi connectivity index (χ1) is 9.45. The average molecular weight is 282 g/mol. The molecule has 0 amide bonds. The van der Waals surface area contributed by atoms with Gasteiger partial charge in [-0.1, -0.05) is 0 Å². The number of anilines is 1. The van der Waals surface area contributed by atoms with Crippen LogP contribution >= 0.6 is 0 Å². The number of hydrogen-bond acceptors (Lipinski definition) is 8. The summed E-state index contributed by atoms with van der Waals surface area (Å²) >= 11 is 0. The summed E-state index contributed by atoms with van der Waals surface area (Å²) in [6.45, 7) is 1.78. The van der Waals surface area contributed by atoms with Crippen LogP contribution in [0, 0.1) is 20.2 Å². The van der Waals surface area contributed by atoms with Crippen LogP contribution in [0.15, 0.2) is 23.3 Å². The molecule has 10 nitrogen and oxygen atoms in total. The van der Waals surface area contributed by atoms with Crippen LogP contribution in [-0.2, 0) is 9.53 Å². The molecule has 10 heteroatoms. The molecule has 0 radical (unpaired) electrons. The van der Waals surface area contributed by atoms with Crippen molar-refractivity contribution in [2.75, 3.05) is 12.0 Å². The van der Waals surface area contributed by atoms with E-state index in [0.717, 1.165) is 24.4 Å². The van der Waals surface area contributed by atoms with Crippen molar-refractivity contribution in [1.82, 2.24) is 0 Å². The number of hydrazone groups is 1. The predicted molar refractivity (Wildman–Crippen MR) is 68.5 cm³/mol. The molecule has 0 spiro atoms. The van der Waals surface area contributed by atoms with Crippen LogP contribution < -0.4 is 5.43 Å². The minimum Gasteiger partial charge on any atom is -0.462 e. The molecule has 0 aliphatic heterocycles. The third-order valence-corrected chi connectivity index (χ3v) is 2.03. The maximum atomic E-state index is 11.0. The Morgan fingerprint density at radius 3 is 2.65 bits per heavy atom. The van der Waals surface area contributed by atoms with E-state index in [1.54, 1.807) is 6.92 Å². The number of non-ortho nitro benzene ring substituents is 1.